The van der Waals surface area contributed by atoms with Gasteiger partial charge in [-0.05, 0) is 66.9 Å². The number of hydrogen-bond donors (Lipinski definition) is 2. The molecule has 0 unspecified atom stereocenters. The highest BCUT2D eigenvalue weighted by Gasteiger charge is 2.12. The zero-order valence-corrected chi connectivity index (χ0v) is 20.2. The van der Waals surface area contributed by atoms with Gasteiger partial charge in [-0.1, -0.05) is 11.6 Å². The Labute approximate surface area is 208 Å². The molecule has 0 aliphatic carbocycles. The van der Waals surface area contributed by atoms with E-state index in [1.807, 2.05) is 19.9 Å². The van der Waals surface area contributed by atoms with Crippen molar-refractivity contribution in [1.29, 1.82) is 5.26 Å². The Morgan fingerprint density at radius 2 is 1.97 bits per heavy atom. The van der Waals surface area contributed by atoms with E-state index in [9.17, 15) is 10.1 Å². The molecule has 0 bridgehead atoms. The van der Waals surface area contributed by atoms with Crippen LogP contribution in [-0.4, -0.2) is 20.9 Å². The average Bonchev–Trinajstić information content (AvgIpc) is 2.77. The van der Waals surface area contributed by atoms with Crippen molar-refractivity contribution in [3.63, 3.8) is 0 Å². The van der Waals surface area contributed by atoms with Crippen LogP contribution in [0.15, 0.2) is 48.8 Å². The van der Waals surface area contributed by atoms with Crippen molar-refractivity contribution in [1.82, 2.24) is 20.3 Å². The number of amides is 1. The summed E-state index contributed by atoms with van der Waals surface area (Å²) in [6, 6.07) is 12.9. The molecule has 7 nitrogen and oxygen atoms in total. The summed E-state index contributed by atoms with van der Waals surface area (Å²) >= 11 is 6.07. The Bertz CT molecular complexity index is 1410. The molecule has 4 rings (SSSR count). The van der Waals surface area contributed by atoms with Gasteiger partial charge in [0, 0.05) is 47.7 Å². The lowest BCUT2D eigenvalue weighted by molar-refractivity contribution is 0.0950. The standard InChI is InChI=1S/C25H21ClN6O.ClH/c1-14-5-23(28)32-15(2)22(14)13-31-25(33)17-3-4-29-21(10-17)8-16-6-18-9-20(26)12-30-24(18)19(7-16)11-27;/h3-7,9-10,12H,8,13H2,1-2H3,(H2,28,32)(H,31,33);1H. The van der Waals surface area contributed by atoms with Crippen LogP contribution in [0.3, 0.4) is 0 Å². The third-order valence-electron chi connectivity index (χ3n) is 5.39. The molecule has 1 aromatic carbocycles. The minimum absolute atomic E-state index is 0. The first-order chi connectivity index (χ1) is 15.8. The fraction of sp³-hybridized carbons (Fsp3) is 0.160. The molecular formula is C25H22Cl2N6O. The van der Waals surface area contributed by atoms with Gasteiger partial charge in [-0.3, -0.25) is 14.8 Å². The van der Waals surface area contributed by atoms with E-state index in [2.05, 4.69) is 26.3 Å². The molecule has 0 aliphatic heterocycles. The van der Waals surface area contributed by atoms with E-state index in [0.29, 0.717) is 46.1 Å². The number of anilines is 1. The van der Waals surface area contributed by atoms with Crippen molar-refractivity contribution in [2.24, 2.45) is 0 Å². The molecule has 0 fully saturated rings. The van der Waals surface area contributed by atoms with Crippen LogP contribution in [0.4, 0.5) is 5.82 Å². The summed E-state index contributed by atoms with van der Waals surface area (Å²) in [6.45, 7) is 4.17. The fourth-order valence-corrected chi connectivity index (χ4v) is 3.99. The van der Waals surface area contributed by atoms with Crippen molar-refractivity contribution >= 4 is 46.6 Å². The molecule has 0 saturated heterocycles. The monoisotopic (exact) mass is 492 g/mol. The molecule has 0 radical (unpaired) electrons. The third-order valence-corrected chi connectivity index (χ3v) is 5.60. The molecule has 9 heteroatoms. The van der Waals surface area contributed by atoms with Gasteiger partial charge in [-0.2, -0.15) is 5.26 Å². The molecule has 0 atom stereocenters. The zero-order chi connectivity index (χ0) is 23.5. The number of pyridine rings is 3. The molecule has 34 heavy (non-hydrogen) atoms. The first-order valence-corrected chi connectivity index (χ1v) is 10.7. The largest absolute Gasteiger partial charge is 0.384 e. The van der Waals surface area contributed by atoms with E-state index >= 15 is 0 Å². The maximum absolute atomic E-state index is 12.8. The highest BCUT2D eigenvalue weighted by molar-refractivity contribution is 6.31. The van der Waals surface area contributed by atoms with Gasteiger partial charge in [-0.15, -0.1) is 12.4 Å². The Hall–Kier alpha value is -3.73. The highest BCUT2D eigenvalue weighted by Crippen LogP contribution is 2.23. The number of nitrogens with zero attached hydrogens (tertiary/aromatic N) is 4. The lowest BCUT2D eigenvalue weighted by Crippen LogP contribution is -2.24. The number of aromatic nitrogens is 3. The molecular weight excluding hydrogens is 471 g/mol. The predicted octanol–water partition coefficient (Wildman–Crippen LogP) is 4.69. The number of benzene rings is 1. The molecule has 3 aromatic heterocycles. The zero-order valence-electron chi connectivity index (χ0n) is 18.6. The number of rotatable bonds is 5. The number of halogens is 2. The smallest absolute Gasteiger partial charge is 0.251 e. The lowest BCUT2D eigenvalue weighted by Gasteiger charge is -2.12. The SMILES string of the molecule is Cc1cc(N)nc(C)c1CNC(=O)c1ccnc(Cc2cc(C#N)c3ncc(Cl)cc3c2)c1.Cl. The van der Waals surface area contributed by atoms with Crippen molar-refractivity contribution < 1.29 is 4.79 Å². The summed E-state index contributed by atoms with van der Waals surface area (Å²) in [4.78, 5) is 25.7. The fourth-order valence-electron chi connectivity index (χ4n) is 3.82. The maximum Gasteiger partial charge on any atom is 0.251 e. The van der Waals surface area contributed by atoms with Crippen molar-refractivity contribution in [2.75, 3.05) is 5.73 Å². The topological polar surface area (TPSA) is 118 Å². The average molecular weight is 493 g/mol. The van der Waals surface area contributed by atoms with E-state index in [1.165, 1.54) is 6.20 Å². The molecule has 4 aromatic rings. The van der Waals surface area contributed by atoms with Crippen molar-refractivity contribution in [3.8, 4) is 6.07 Å². The molecule has 0 saturated carbocycles. The second-order valence-electron chi connectivity index (χ2n) is 7.80. The first-order valence-electron chi connectivity index (χ1n) is 10.3. The number of hydrogen-bond acceptors (Lipinski definition) is 6. The number of nitrogen functional groups attached to an aromatic ring is 1. The quantitative estimate of drug-likeness (QED) is 0.417. The van der Waals surface area contributed by atoms with Gasteiger partial charge in [0.15, 0.2) is 0 Å². The lowest BCUT2D eigenvalue weighted by atomic mass is 10.0. The van der Waals surface area contributed by atoms with E-state index in [4.69, 9.17) is 17.3 Å². The highest BCUT2D eigenvalue weighted by atomic mass is 35.5. The van der Waals surface area contributed by atoms with Crippen LogP contribution in [0, 0.1) is 25.2 Å². The molecule has 3 N–H and O–H groups in total. The number of nitrogens with one attached hydrogen (secondary N) is 1. The van der Waals surface area contributed by atoms with E-state index < -0.39 is 0 Å². The Balaban J connectivity index is 0.00000324. The van der Waals surface area contributed by atoms with Gasteiger partial charge in [0.1, 0.15) is 11.9 Å². The molecule has 3 heterocycles. The van der Waals surface area contributed by atoms with Gasteiger partial charge in [0.25, 0.3) is 5.91 Å². The van der Waals surface area contributed by atoms with Gasteiger partial charge in [-0.25, -0.2) is 4.98 Å². The summed E-state index contributed by atoms with van der Waals surface area (Å²) in [7, 11) is 0. The van der Waals surface area contributed by atoms with Crippen LogP contribution >= 0.6 is 24.0 Å². The van der Waals surface area contributed by atoms with Gasteiger partial charge in [0.05, 0.1) is 16.1 Å². The normalized spacial score (nSPS) is 10.4. The van der Waals surface area contributed by atoms with Gasteiger partial charge in [0.2, 0.25) is 0 Å². The van der Waals surface area contributed by atoms with Gasteiger partial charge < -0.3 is 11.1 Å². The van der Waals surface area contributed by atoms with Crippen LogP contribution in [0.1, 0.15) is 44.0 Å². The van der Waals surface area contributed by atoms with Crippen LogP contribution in [0.5, 0.6) is 0 Å². The Morgan fingerprint density at radius 3 is 2.71 bits per heavy atom. The Morgan fingerprint density at radius 1 is 1.18 bits per heavy atom. The number of nitriles is 1. The summed E-state index contributed by atoms with van der Waals surface area (Å²) in [5.74, 6) is 0.256. The molecule has 1 amide bonds. The predicted molar refractivity (Wildman–Crippen MR) is 135 cm³/mol. The van der Waals surface area contributed by atoms with Crippen LogP contribution in [0.25, 0.3) is 10.9 Å². The van der Waals surface area contributed by atoms with E-state index in [0.717, 1.165) is 27.8 Å². The summed E-state index contributed by atoms with van der Waals surface area (Å²) in [6.07, 6.45) is 3.59. The van der Waals surface area contributed by atoms with Crippen LogP contribution in [0.2, 0.25) is 5.02 Å². The summed E-state index contributed by atoms with van der Waals surface area (Å²) < 4.78 is 0. The minimum atomic E-state index is -0.207. The first kappa shape index (κ1) is 24.9. The number of aryl methyl sites for hydroxylation is 2. The second-order valence-corrected chi connectivity index (χ2v) is 8.24. The van der Waals surface area contributed by atoms with Crippen LogP contribution in [-0.2, 0) is 13.0 Å². The van der Waals surface area contributed by atoms with Crippen molar-refractivity contribution in [3.05, 3.63) is 93.0 Å². The third kappa shape index (κ3) is 5.42. The van der Waals surface area contributed by atoms with E-state index in [1.54, 1.807) is 36.5 Å². The van der Waals surface area contributed by atoms with E-state index in [-0.39, 0.29) is 18.3 Å². The summed E-state index contributed by atoms with van der Waals surface area (Å²) in [5.41, 5.74) is 11.7. The maximum atomic E-state index is 12.8. The number of fused-ring (bicyclic) bond motifs is 1. The number of nitrogens with two attached hydrogens (primary N) is 1. The molecule has 172 valence electrons. The van der Waals surface area contributed by atoms with Crippen molar-refractivity contribution in [2.45, 2.75) is 26.8 Å². The summed E-state index contributed by atoms with van der Waals surface area (Å²) in [5, 5.41) is 13.7. The van der Waals surface area contributed by atoms with Crippen LogP contribution < -0.4 is 11.1 Å². The molecule has 0 aliphatic rings. The number of carbonyl (C=O) groups excluding carboxylic acids is 1. The Kier molecular flexibility index (Phi) is 7.67. The van der Waals surface area contributed by atoms with Gasteiger partial charge >= 0.3 is 0 Å². The minimum Gasteiger partial charge on any atom is -0.384 e. The second kappa shape index (κ2) is 10.5. The number of carbonyl (C=O) groups is 1. The molecule has 0 spiro atoms.